The highest BCUT2D eigenvalue weighted by Gasteiger charge is 2.20. The molecule has 3 N–H and O–H groups in total. The van der Waals surface area contributed by atoms with Gasteiger partial charge in [-0.15, -0.1) is 11.3 Å². The van der Waals surface area contributed by atoms with Gasteiger partial charge in [0, 0.05) is 4.88 Å². The smallest absolute Gasteiger partial charge is 0.242 e. The van der Waals surface area contributed by atoms with Crippen molar-refractivity contribution in [3.63, 3.8) is 0 Å². The third-order valence-corrected chi connectivity index (χ3v) is 4.39. The molecule has 0 aliphatic rings. The first-order valence-corrected chi connectivity index (χ1v) is 7.35. The average Bonchev–Trinajstić information content (AvgIpc) is 2.78. The third-order valence-electron chi connectivity index (χ3n) is 3.13. The van der Waals surface area contributed by atoms with Crippen molar-refractivity contribution in [1.82, 2.24) is 10.3 Å². The van der Waals surface area contributed by atoms with E-state index in [1.54, 1.807) is 11.3 Å². The molecule has 5 heteroatoms. The maximum atomic E-state index is 12.2. The fraction of sp³-hybridized carbons (Fsp3) is 0.333. The number of aromatic nitrogens is 1. The van der Waals surface area contributed by atoms with Gasteiger partial charge in [-0.25, -0.2) is 4.98 Å². The molecule has 0 saturated carbocycles. The average molecular weight is 289 g/mol. The minimum Gasteiger partial charge on any atom is -0.347 e. The van der Waals surface area contributed by atoms with Crippen molar-refractivity contribution < 1.29 is 4.79 Å². The minimum absolute atomic E-state index is 0.0801. The molecule has 1 heterocycles. The largest absolute Gasteiger partial charge is 0.347 e. The summed E-state index contributed by atoms with van der Waals surface area (Å²) in [6.45, 7) is 5.87. The standard InChI is InChI=1S/C15H19N3OS/c1-9-14(20-11(3)17-9)10(2)18-15(19)13(16)12-7-5-4-6-8-12/h4-8,10,13H,16H2,1-3H3,(H,18,19)/t10?,13-/m0/s1. The zero-order valence-electron chi connectivity index (χ0n) is 11.9. The molecular weight excluding hydrogens is 270 g/mol. The number of nitrogens with zero attached hydrogens (tertiary/aromatic N) is 1. The van der Waals surface area contributed by atoms with Gasteiger partial charge in [-0.1, -0.05) is 30.3 Å². The molecule has 0 saturated heterocycles. The van der Waals surface area contributed by atoms with Crippen LogP contribution in [-0.4, -0.2) is 10.9 Å². The van der Waals surface area contributed by atoms with E-state index in [2.05, 4.69) is 10.3 Å². The number of nitrogens with two attached hydrogens (primary N) is 1. The van der Waals surface area contributed by atoms with Crippen LogP contribution in [-0.2, 0) is 4.79 Å². The van der Waals surface area contributed by atoms with Gasteiger partial charge in [0.25, 0.3) is 0 Å². The van der Waals surface area contributed by atoms with E-state index < -0.39 is 6.04 Å². The van der Waals surface area contributed by atoms with Crippen LogP contribution < -0.4 is 11.1 Å². The van der Waals surface area contributed by atoms with Gasteiger partial charge in [0.15, 0.2) is 0 Å². The normalized spacial score (nSPS) is 13.8. The predicted octanol–water partition coefficient (Wildman–Crippen LogP) is 2.64. The Balaban J connectivity index is 2.06. The number of benzene rings is 1. The van der Waals surface area contributed by atoms with Crippen LogP contribution in [0.25, 0.3) is 0 Å². The number of carbonyl (C=O) groups excluding carboxylic acids is 1. The number of hydrogen-bond acceptors (Lipinski definition) is 4. The lowest BCUT2D eigenvalue weighted by Crippen LogP contribution is -2.35. The first-order chi connectivity index (χ1) is 9.49. The van der Waals surface area contributed by atoms with Crippen molar-refractivity contribution >= 4 is 17.2 Å². The number of hydrogen-bond donors (Lipinski definition) is 2. The second-order valence-corrected chi connectivity index (χ2v) is 6.04. The molecule has 0 spiro atoms. The van der Waals surface area contributed by atoms with Crippen LogP contribution in [0, 0.1) is 13.8 Å². The quantitative estimate of drug-likeness (QED) is 0.909. The van der Waals surface area contributed by atoms with Crippen molar-refractivity contribution in [3.05, 3.63) is 51.5 Å². The van der Waals surface area contributed by atoms with Gasteiger partial charge in [0.1, 0.15) is 6.04 Å². The van der Waals surface area contributed by atoms with Crippen LogP contribution in [0.15, 0.2) is 30.3 Å². The second-order valence-electron chi connectivity index (χ2n) is 4.80. The summed E-state index contributed by atoms with van der Waals surface area (Å²) in [5, 5.41) is 3.96. The van der Waals surface area contributed by atoms with Gasteiger partial charge >= 0.3 is 0 Å². The van der Waals surface area contributed by atoms with E-state index in [1.807, 2.05) is 51.1 Å². The number of nitrogens with one attached hydrogen (secondary N) is 1. The highest BCUT2D eigenvalue weighted by atomic mass is 32.1. The molecule has 0 aliphatic heterocycles. The number of amides is 1. The number of carbonyl (C=O) groups is 1. The Kier molecular flexibility index (Phi) is 4.52. The summed E-state index contributed by atoms with van der Waals surface area (Å²) in [4.78, 5) is 17.7. The van der Waals surface area contributed by atoms with Crippen LogP contribution in [0.4, 0.5) is 0 Å². The highest BCUT2D eigenvalue weighted by molar-refractivity contribution is 7.11. The summed E-state index contributed by atoms with van der Waals surface area (Å²) in [6, 6.07) is 8.65. The molecule has 106 valence electrons. The highest BCUT2D eigenvalue weighted by Crippen LogP contribution is 2.24. The first kappa shape index (κ1) is 14.7. The van der Waals surface area contributed by atoms with E-state index in [0.29, 0.717) is 0 Å². The topological polar surface area (TPSA) is 68.0 Å². The predicted molar refractivity (Wildman–Crippen MR) is 81.5 cm³/mol. The Morgan fingerprint density at radius 2 is 1.95 bits per heavy atom. The van der Waals surface area contributed by atoms with E-state index in [9.17, 15) is 4.79 Å². The van der Waals surface area contributed by atoms with E-state index in [-0.39, 0.29) is 11.9 Å². The van der Waals surface area contributed by atoms with Gasteiger partial charge in [0.2, 0.25) is 5.91 Å². The van der Waals surface area contributed by atoms with Gasteiger partial charge in [-0.3, -0.25) is 4.79 Å². The molecule has 0 fully saturated rings. The molecule has 1 aromatic carbocycles. The first-order valence-electron chi connectivity index (χ1n) is 6.54. The van der Waals surface area contributed by atoms with Crippen molar-refractivity contribution in [1.29, 1.82) is 0 Å². The fourth-order valence-electron chi connectivity index (χ4n) is 2.13. The Morgan fingerprint density at radius 3 is 2.50 bits per heavy atom. The van der Waals surface area contributed by atoms with E-state index in [1.165, 1.54) is 0 Å². The lowest BCUT2D eigenvalue weighted by Gasteiger charge is -2.17. The van der Waals surface area contributed by atoms with Crippen LogP contribution in [0.1, 0.15) is 40.1 Å². The summed E-state index contributed by atoms with van der Waals surface area (Å²) in [6.07, 6.45) is 0. The Labute approximate surface area is 123 Å². The molecule has 2 atom stereocenters. The third kappa shape index (κ3) is 3.23. The molecule has 20 heavy (non-hydrogen) atoms. The molecule has 1 unspecified atom stereocenters. The zero-order chi connectivity index (χ0) is 14.7. The van der Waals surface area contributed by atoms with E-state index in [0.717, 1.165) is 21.1 Å². The number of aryl methyl sites for hydroxylation is 2. The molecule has 1 aromatic heterocycles. The Bertz CT molecular complexity index is 594. The monoisotopic (exact) mass is 289 g/mol. The van der Waals surface area contributed by atoms with E-state index >= 15 is 0 Å². The second kappa shape index (κ2) is 6.15. The summed E-state index contributed by atoms with van der Waals surface area (Å²) in [5.74, 6) is -0.172. The minimum atomic E-state index is -0.645. The molecule has 0 bridgehead atoms. The van der Waals surface area contributed by atoms with Gasteiger partial charge in [0.05, 0.1) is 16.7 Å². The lowest BCUT2D eigenvalue weighted by atomic mass is 10.1. The van der Waals surface area contributed by atoms with Crippen LogP contribution >= 0.6 is 11.3 Å². The fourth-order valence-corrected chi connectivity index (χ4v) is 3.06. The summed E-state index contributed by atoms with van der Waals surface area (Å²) in [5.41, 5.74) is 7.76. The van der Waals surface area contributed by atoms with Gasteiger partial charge < -0.3 is 11.1 Å². The Morgan fingerprint density at radius 1 is 1.30 bits per heavy atom. The summed E-state index contributed by atoms with van der Waals surface area (Å²) < 4.78 is 0. The molecule has 1 amide bonds. The van der Waals surface area contributed by atoms with Crippen molar-refractivity contribution in [2.45, 2.75) is 32.9 Å². The van der Waals surface area contributed by atoms with Gasteiger partial charge in [-0.2, -0.15) is 0 Å². The van der Waals surface area contributed by atoms with Crippen molar-refractivity contribution in [2.24, 2.45) is 5.73 Å². The van der Waals surface area contributed by atoms with E-state index in [4.69, 9.17) is 5.73 Å². The molecule has 0 radical (unpaired) electrons. The van der Waals surface area contributed by atoms with Crippen molar-refractivity contribution in [3.8, 4) is 0 Å². The SMILES string of the molecule is Cc1nc(C)c(C(C)NC(=O)[C@@H](N)c2ccccc2)s1. The van der Waals surface area contributed by atoms with Crippen LogP contribution in [0.2, 0.25) is 0 Å². The van der Waals surface area contributed by atoms with Crippen molar-refractivity contribution in [2.75, 3.05) is 0 Å². The molecular formula is C15H19N3OS. The molecule has 2 aromatic rings. The van der Waals surface area contributed by atoms with Gasteiger partial charge in [-0.05, 0) is 26.3 Å². The van der Waals surface area contributed by atoms with Crippen LogP contribution in [0.5, 0.6) is 0 Å². The summed E-state index contributed by atoms with van der Waals surface area (Å²) in [7, 11) is 0. The summed E-state index contributed by atoms with van der Waals surface area (Å²) >= 11 is 1.61. The Hall–Kier alpha value is -1.72. The zero-order valence-corrected chi connectivity index (χ0v) is 12.7. The number of rotatable bonds is 4. The van der Waals surface area contributed by atoms with Crippen LogP contribution in [0.3, 0.4) is 0 Å². The molecule has 2 rings (SSSR count). The maximum absolute atomic E-state index is 12.2. The molecule has 0 aliphatic carbocycles. The molecule has 4 nitrogen and oxygen atoms in total. The lowest BCUT2D eigenvalue weighted by molar-refractivity contribution is -0.123. The number of thiazole rings is 1. The maximum Gasteiger partial charge on any atom is 0.242 e.